The first-order chi connectivity index (χ1) is 12.8. The highest BCUT2D eigenvalue weighted by atomic mass is 32.2. The summed E-state index contributed by atoms with van der Waals surface area (Å²) in [6, 6.07) is 0.553. The zero-order valence-corrected chi connectivity index (χ0v) is 16.6. The van der Waals surface area contributed by atoms with Crippen molar-refractivity contribution < 1.29 is 26.7 Å². The molecule has 1 N–H and O–H groups in total. The molecule has 1 unspecified atom stereocenters. The topological polar surface area (TPSA) is 86.6 Å². The highest BCUT2D eigenvalue weighted by molar-refractivity contribution is 7.90. The van der Waals surface area contributed by atoms with Crippen molar-refractivity contribution in [2.75, 3.05) is 41.4 Å². The second-order valence-electron chi connectivity index (χ2n) is 8.56. The van der Waals surface area contributed by atoms with Crippen LogP contribution in [-0.2, 0) is 16.0 Å². The lowest BCUT2D eigenvalue weighted by Crippen LogP contribution is -2.67. The van der Waals surface area contributed by atoms with Gasteiger partial charge in [0.05, 0.1) is 23.9 Å². The zero-order valence-electron chi connectivity index (χ0n) is 15.8. The number of alkyl halides is 3. The number of β-amino-alcohol motifs (C(OH)–C–C–N with tert-alkyl or cyclic N) is 1. The average Bonchev–Trinajstić information content (AvgIpc) is 3.00. The zero-order chi connectivity index (χ0) is 20.6. The van der Waals surface area contributed by atoms with Crippen LogP contribution in [0.4, 0.5) is 24.9 Å². The van der Waals surface area contributed by atoms with Crippen LogP contribution in [0.25, 0.3) is 0 Å². The minimum atomic E-state index is -4.61. The Morgan fingerprint density at radius 1 is 1.29 bits per heavy atom. The molecule has 1 aromatic heterocycles. The van der Waals surface area contributed by atoms with Crippen LogP contribution in [0.3, 0.4) is 0 Å². The Kier molecular flexibility index (Phi) is 4.18. The van der Waals surface area contributed by atoms with Crippen molar-refractivity contribution in [1.29, 1.82) is 0 Å². The third-order valence-electron chi connectivity index (χ3n) is 6.30. The van der Waals surface area contributed by atoms with Crippen LogP contribution in [0.1, 0.15) is 19.5 Å². The minimum absolute atomic E-state index is 0.0443. The predicted molar refractivity (Wildman–Crippen MR) is 96.9 cm³/mol. The van der Waals surface area contributed by atoms with Crippen LogP contribution in [0.2, 0.25) is 0 Å². The van der Waals surface area contributed by atoms with Crippen molar-refractivity contribution in [3.05, 3.63) is 11.8 Å². The maximum atomic E-state index is 13.4. The summed E-state index contributed by atoms with van der Waals surface area (Å²) in [6.07, 6.45) is -3.40. The first-order valence-electron chi connectivity index (χ1n) is 9.14. The van der Waals surface area contributed by atoms with Crippen molar-refractivity contribution in [3.63, 3.8) is 0 Å². The Labute approximate surface area is 161 Å². The van der Waals surface area contributed by atoms with Gasteiger partial charge in [0.25, 0.3) is 0 Å². The number of nitrogens with zero attached hydrogens (tertiary/aromatic N) is 4. The molecule has 1 aliphatic carbocycles. The van der Waals surface area contributed by atoms with E-state index in [0.29, 0.717) is 13.1 Å². The smallest absolute Gasteiger partial charge is 0.386 e. The Morgan fingerprint density at radius 2 is 1.89 bits per heavy atom. The molecule has 3 heterocycles. The molecule has 2 aliphatic heterocycles. The van der Waals surface area contributed by atoms with Crippen LogP contribution >= 0.6 is 0 Å². The van der Waals surface area contributed by atoms with Crippen LogP contribution in [-0.4, -0.2) is 66.8 Å². The van der Waals surface area contributed by atoms with Crippen LogP contribution in [0.5, 0.6) is 0 Å². The standard InChI is InChI=1S/C17H23F3N4O3S/c1-9-16(2,25)8-24(9)15-21-13(17(18,19)20)4-14(22-15)23-5-10-11(6-23)12(10)7-28(3,26)27/h4,9-12,25H,5-8H2,1-3H3/t9-,10-,11+,12?,16+/m0/s1. The van der Waals surface area contributed by atoms with E-state index in [9.17, 15) is 26.7 Å². The summed E-state index contributed by atoms with van der Waals surface area (Å²) in [4.78, 5) is 11.3. The van der Waals surface area contributed by atoms with Gasteiger partial charge in [-0.2, -0.15) is 18.2 Å². The maximum Gasteiger partial charge on any atom is 0.433 e. The lowest BCUT2D eigenvalue weighted by atomic mass is 9.87. The molecular weight excluding hydrogens is 397 g/mol. The fraction of sp³-hybridized carbons (Fsp3) is 0.765. The van der Waals surface area contributed by atoms with Gasteiger partial charge in [0.2, 0.25) is 5.95 Å². The van der Waals surface area contributed by atoms with Gasteiger partial charge in [-0.3, -0.25) is 0 Å². The summed E-state index contributed by atoms with van der Waals surface area (Å²) < 4.78 is 63.0. The molecule has 3 fully saturated rings. The van der Waals surface area contributed by atoms with Gasteiger partial charge in [-0.15, -0.1) is 0 Å². The molecule has 0 radical (unpaired) electrons. The number of fused-ring (bicyclic) bond motifs is 1. The Balaban J connectivity index is 1.56. The van der Waals surface area contributed by atoms with E-state index in [4.69, 9.17) is 0 Å². The van der Waals surface area contributed by atoms with Gasteiger partial charge in [-0.25, -0.2) is 13.4 Å². The van der Waals surface area contributed by atoms with Crippen molar-refractivity contribution in [3.8, 4) is 0 Å². The van der Waals surface area contributed by atoms with Crippen molar-refractivity contribution in [2.24, 2.45) is 17.8 Å². The first-order valence-corrected chi connectivity index (χ1v) is 11.2. The van der Waals surface area contributed by atoms with Crippen LogP contribution in [0, 0.1) is 17.8 Å². The lowest BCUT2D eigenvalue weighted by molar-refractivity contribution is -0.141. The van der Waals surface area contributed by atoms with Crippen molar-refractivity contribution >= 4 is 21.6 Å². The number of aromatic nitrogens is 2. The number of hydrogen-bond donors (Lipinski definition) is 1. The number of halogens is 3. The largest absolute Gasteiger partial charge is 0.433 e. The molecule has 4 rings (SSSR count). The molecule has 156 valence electrons. The molecule has 1 saturated carbocycles. The molecule has 28 heavy (non-hydrogen) atoms. The number of piperidine rings is 1. The fourth-order valence-corrected chi connectivity index (χ4v) is 5.57. The average molecular weight is 420 g/mol. The van der Waals surface area contributed by atoms with E-state index in [1.54, 1.807) is 23.6 Å². The molecule has 0 spiro atoms. The number of anilines is 2. The molecule has 1 aromatic rings. The van der Waals surface area contributed by atoms with E-state index in [2.05, 4.69) is 9.97 Å². The predicted octanol–water partition coefficient (Wildman–Crippen LogP) is 1.18. The van der Waals surface area contributed by atoms with Crippen LogP contribution in [0.15, 0.2) is 6.07 Å². The highest BCUT2D eigenvalue weighted by Crippen LogP contribution is 2.53. The summed E-state index contributed by atoms with van der Waals surface area (Å²) in [5, 5.41) is 10.1. The van der Waals surface area contributed by atoms with Gasteiger partial charge in [0.15, 0.2) is 5.69 Å². The third-order valence-corrected chi connectivity index (χ3v) is 7.29. The monoisotopic (exact) mass is 420 g/mol. The summed E-state index contributed by atoms with van der Waals surface area (Å²) >= 11 is 0. The second kappa shape index (κ2) is 5.94. The van der Waals surface area contributed by atoms with Gasteiger partial charge in [-0.1, -0.05) is 0 Å². The molecule has 0 bridgehead atoms. The number of aliphatic hydroxyl groups is 1. The first kappa shape index (κ1) is 19.7. The Morgan fingerprint density at radius 3 is 2.36 bits per heavy atom. The minimum Gasteiger partial charge on any atom is -0.386 e. The molecular formula is C17H23F3N4O3S. The van der Waals surface area contributed by atoms with Gasteiger partial charge in [0, 0.05) is 25.4 Å². The van der Waals surface area contributed by atoms with E-state index >= 15 is 0 Å². The number of rotatable bonds is 4. The summed E-state index contributed by atoms with van der Waals surface area (Å²) in [5.41, 5.74) is -2.01. The summed E-state index contributed by atoms with van der Waals surface area (Å²) in [5.74, 6) is 0.704. The van der Waals surface area contributed by atoms with Crippen molar-refractivity contribution in [2.45, 2.75) is 31.7 Å². The molecule has 7 nitrogen and oxygen atoms in total. The Bertz CT molecular complexity index is 893. The quantitative estimate of drug-likeness (QED) is 0.783. The second-order valence-corrected chi connectivity index (χ2v) is 10.7. The van der Waals surface area contributed by atoms with Crippen molar-refractivity contribution in [1.82, 2.24) is 9.97 Å². The molecule has 0 amide bonds. The van der Waals surface area contributed by atoms with E-state index < -0.39 is 33.4 Å². The van der Waals surface area contributed by atoms with E-state index in [0.717, 1.165) is 6.07 Å². The maximum absolute atomic E-state index is 13.4. The summed E-state index contributed by atoms with van der Waals surface area (Å²) in [6.45, 7) is 4.49. The van der Waals surface area contributed by atoms with E-state index in [1.807, 2.05) is 0 Å². The fourth-order valence-electron chi connectivity index (χ4n) is 4.37. The molecule has 3 aliphatic rings. The number of sulfone groups is 1. The lowest BCUT2D eigenvalue weighted by Gasteiger charge is -2.51. The van der Waals surface area contributed by atoms with Gasteiger partial charge < -0.3 is 14.9 Å². The van der Waals surface area contributed by atoms with E-state index in [-0.39, 0.29) is 41.8 Å². The molecule has 0 aromatic carbocycles. The highest BCUT2D eigenvalue weighted by Gasteiger charge is 2.57. The van der Waals surface area contributed by atoms with Gasteiger partial charge in [0.1, 0.15) is 15.7 Å². The summed E-state index contributed by atoms with van der Waals surface area (Å²) in [7, 11) is -3.07. The van der Waals surface area contributed by atoms with Crippen LogP contribution < -0.4 is 9.80 Å². The molecule has 5 atom stereocenters. The van der Waals surface area contributed by atoms with E-state index in [1.165, 1.54) is 6.26 Å². The molecule has 11 heteroatoms. The SMILES string of the molecule is C[C@@H]1N(c2nc(N3C[C@@H]4C(CS(C)(=O)=O)[C@@H]4C3)cc(C(F)(F)F)n2)C[C@@]1(C)O. The third kappa shape index (κ3) is 3.42. The number of hydrogen-bond acceptors (Lipinski definition) is 7. The van der Waals surface area contributed by atoms with Gasteiger partial charge in [-0.05, 0) is 31.6 Å². The van der Waals surface area contributed by atoms with Gasteiger partial charge >= 0.3 is 6.18 Å². The normalized spacial score (nSPS) is 35.0. The molecule has 2 saturated heterocycles. The Hall–Kier alpha value is -1.62.